The number of hydrogen-bond acceptors (Lipinski definition) is 6. The van der Waals surface area contributed by atoms with Crippen LogP contribution in [0.1, 0.15) is 39.0 Å². The Morgan fingerprint density at radius 3 is 3.00 bits per heavy atom. The molecule has 106 valence electrons. The average molecular weight is 301 g/mol. The smallest absolute Gasteiger partial charge is 0.313 e. The molecule has 7 heteroatoms. The SMILES string of the molecule is CC1CCCCCC1Nc1nnc(SCC(=O)O)s1. The summed E-state index contributed by atoms with van der Waals surface area (Å²) in [6.45, 7) is 2.28. The van der Waals surface area contributed by atoms with Crippen LogP contribution in [0, 0.1) is 5.92 Å². The first-order valence-corrected chi connectivity index (χ1v) is 8.40. The molecule has 2 N–H and O–H groups in total. The van der Waals surface area contributed by atoms with Crippen molar-refractivity contribution in [3.63, 3.8) is 0 Å². The van der Waals surface area contributed by atoms with Crippen LogP contribution in [0.25, 0.3) is 0 Å². The molecule has 0 bridgehead atoms. The van der Waals surface area contributed by atoms with Gasteiger partial charge in [0.1, 0.15) is 0 Å². The number of anilines is 1. The summed E-state index contributed by atoms with van der Waals surface area (Å²) >= 11 is 2.67. The number of nitrogens with one attached hydrogen (secondary N) is 1. The molecule has 0 radical (unpaired) electrons. The Morgan fingerprint density at radius 1 is 1.42 bits per heavy atom. The van der Waals surface area contributed by atoms with Gasteiger partial charge in [0.2, 0.25) is 5.13 Å². The Bertz CT molecular complexity index is 425. The molecule has 0 spiro atoms. The van der Waals surface area contributed by atoms with E-state index in [1.165, 1.54) is 55.2 Å². The van der Waals surface area contributed by atoms with Crippen molar-refractivity contribution in [2.45, 2.75) is 49.4 Å². The van der Waals surface area contributed by atoms with Crippen LogP contribution in [0.2, 0.25) is 0 Å². The van der Waals surface area contributed by atoms with Crippen LogP contribution in [0.5, 0.6) is 0 Å². The van der Waals surface area contributed by atoms with Crippen LogP contribution in [0.3, 0.4) is 0 Å². The first-order chi connectivity index (χ1) is 9.15. The molecule has 0 aromatic carbocycles. The van der Waals surface area contributed by atoms with Gasteiger partial charge in [0, 0.05) is 6.04 Å². The van der Waals surface area contributed by atoms with Crippen LogP contribution in [-0.4, -0.2) is 33.1 Å². The zero-order chi connectivity index (χ0) is 13.7. The molecule has 1 fully saturated rings. The quantitative estimate of drug-likeness (QED) is 0.643. The number of carboxylic acid groups (broad SMARTS) is 1. The van der Waals surface area contributed by atoms with E-state index in [1.807, 2.05) is 0 Å². The molecule has 1 aliphatic rings. The molecule has 2 rings (SSSR count). The number of aliphatic carboxylic acids is 1. The van der Waals surface area contributed by atoms with Crippen molar-refractivity contribution >= 4 is 34.2 Å². The number of rotatable bonds is 5. The summed E-state index contributed by atoms with van der Waals surface area (Å²) in [6.07, 6.45) is 6.34. The second-order valence-corrected chi connectivity index (χ2v) is 7.12. The fraction of sp³-hybridized carbons (Fsp3) is 0.750. The Hall–Kier alpha value is -0.820. The van der Waals surface area contributed by atoms with Crippen molar-refractivity contribution in [2.75, 3.05) is 11.1 Å². The second kappa shape index (κ2) is 7.09. The maximum atomic E-state index is 10.5. The van der Waals surface area contributed by atoms with Gasteiger partial charge in [0.25, 0.3) is 0 Å². The molecule has 0 aliphatic heterocycles. The van der Waals surface area contributed by atoms with Crippen molar-refractivity contribution in [2.24, 2.45) is 5.92 Å². The van der Waals surface area contributed by atoms with E-state index in [0.717, 1.165) is 5.13 Å². The van der Waals surface area contributed by atoms with E-state index in [9.17, 15) is 4.79 Å². The van der Waals surface area contributed by atoms with Gasteiger partial charge in [-0.1, -0.05) is 49.3 Å². The van der Waals surface area contributed by atoms with E-state index in [1.54, 1.807) is 0 Å². The molecular weight excluding hydrogens is 282 g/mol. The molecule has 5 nitrogen and oxygen atoms in total. The molecule has 1 saturated carbocycles. The lowest BCUT2D eigenvalue weighted by atomic mass is 9.97. The number of hydrogen-bond donors (Lipinski definition) is 2. The van der Waals surface area contributed by atoms with Gasteiger partial charge in [-0.25, -0.2) is 0 Å². The van der Waals surface area contributed by atoms with Gasteiger partial charge >= 0.3 is 5.97 Å². The lowest BCUT2D eigenvalue weighted by Crippen LogP contribution is -2.26. The lowest BCUT2D eigenvalue weighted by Gasteiger charge is -2.21. The number of thioether (sulfide) groups is 1. The fourth-order valence-corrected chi connectivity index (χ4v) is 3.85. The topological polar surface area (TPSA) is 75.1 Å². The molecule has 2 atom stereocenters. The van der Waals surface area contributed by atoms with E-state index in [0.29, 0.717) is 16.3 Å². The molecule has 2 unspecified atom stereocenters. The molecule has 1 aromatic rings. The van der Waals surface area contributed by atoms with Gasteiger partial charge in [-0.15, -0.1) is 10.2 Å². The van der Waals surface area contributed by atoms with Gasteiger partial charge < -0.3 is 10.4 Å². The van der Waals surface area contributed by atoms with Crippen molar-refractivity contribution in [3.8, 4) is 0 Å². The number of nitrogens with zero attached hydrogens (tertiary/aromatic N) is 2. The van der Waals surface area contributed by atoms with Crippen molar-refractivity contribution < 1.29 is 9.90 Å². The third-order valence-corrected chi connectivity index (χ3v) is 5.37. The normalized spacial score (nSPS) is 23.8. The van der Waals surface area contributed by atoms with E-state index < -0.39 is 5.97 Å². The Kier molecular flexibility index (Phi) is 5.45. The van der Waals surface area contributed by atoms with E-state index in [2.05, 4.69) is 22.4 Å². The minimum atomic E-state index is -0.827. The number of carbonyl (C=O) groups is 1. The minimum Gasteiger partial charge on any atom is -0.481 e. The lowest BCUT2D eigenvalue weighted by molar-refractivity contribution is -0.133. The summed E-state index contributed by atoms with van der Waals surface area (Å²) in [5.74, 6) is -0.136. The molecule has 19 heavy (non-hydrogen) atoms. The van der Waals surface area contributed by atoms with Crippen molar-refractivity contribution in [1.82, 2.24) is 10.2 Å². The number of carboxylic acids is 1. The maximum Gasteiger partial charge on any atom is 0.313 e. The predicted molar refractivity (Wildman–Crippen MR) is 77.9 cm³/mol. The number of aromatic nitrogens is 2. The summed E-state index contributed by atoms with van der Waals surface area (Å²) in [4.78, 5) is 10.5. The van der Waals surface area contributed by atoms with Gasteiger partial charge in [-0.2, -0.15) is 0 Å². The zero-order valence-electron chi connectivity index (χ0n) is 11.0. The average Bonchev–Trinajstić information content (AvgIpc) is 2.72. The zero-order valence-corrected chi connectivity index (χ0v) is 12.6. The molecule has 0 saturated heterocycles. The predicted octanol–water partition coefficient (Wildman–Crippen LogP) is 3.10. The molecule has 1 aromatic heterocycles. The van der Waals surface area contributed by atoms with Crippen LogP contribution in [0.4, 0.5) is 5.13 Å². The molecule has 1 aliphatic carbocycles. The molecular formula is C12H19N3O2S2. The van der Waals surface area contributed by atoms with E-state index >= 15 is 0 Å². The molecule has 0 amide bonds. The van der Waals surface area contributed by atoms with Crippen molar-refractivity contribution in [3.05, 3.63) is 0 Å². The highest BCUT2D eigenvalue weighted by Gasteiger charge is 2.21. The molecule has 1 heterocycles. The van der Waals surface area contributed by atoms with Gasteiger partial charge in [-0.05, 0) is 18.8 Å². The van der Waals surface area contributed by atoms with Gasteiger partial charge in [0.15, 0.2) is 4.34 Å². The van der Waals surface area contributed by atoms with Gasteiger partial charge in [-0.3, -0.25) is 4.79 Å². The maximum absolute atomic E-state index is 10.5. The Morgan fingerprint density at radius 2 is 2.21 bits per heavy atom. The summed E-state index contributed by atoms with van der Waals surface area (Å²) in [5.41, 5.74) is 0. The Balaban J connectivity index is 1.89. The Labute approximate surface area is 121 Å². The second-order valence-electron chi connectivity index (χ2n) is 4.92. The first-order valence-electron chi connectivity index (χ1n) is 6.60. The summed E-state index contributed by atoms with van der Waals surface area (Å²) in [7, 11) is 0. The third kappa shape index (κ3) is 4.65. The van der Waals surface area contributed by atoms with E-state index in [4.69, 9.17) is 5.11 Å². The highest BCUT2D eigenvalue weighted by molar-refractivity contribution is 8.01. The fourth-order valence-electron chi connectivity index (χ4n) is 2.32. The van der Waals surface area contributed by atoms with Crippen molar-refractivity contribution in [1.29, 1.82) is 0 Å². The van der Waals surface area contributed by atoms with E-state index in [-0.39, 0.29) is 5.75 Å². The highest BCUT2D eigenvalue weighted by Crippen LogP contribution is 2.29. The monoisotopic (exact) mass is 301 g/mol. The first kappa shape index (κ1) is 14.6. The third-order valence-electron chi connectivity index (χ3n) is 3.40. The van der Waals surface area contributed by atoms with Crippen LogP contribution in [0.15, 0.2) is 4.34 Å². The summed E-state index contributed by atoms with van der Waals surface area (Å²) in [6, 6.07) is 0.466. The highest BCUT2D eigenvalue weighted by atomic mass is 32.2. The largest absolute Gasteiger partial charge is 0.481 e. The minimum absolute atomic E-state index is 0.0362. The van der Waals surface area contributed by atoms with Crippen LogP contribution in [-0.2, 0) is 4.79 Å². The van der Waals surface area contributed by atoms with Crippen LogP contribution < -0.4 is 5.32 Å². The standard InChI is InChI=1S/C12H19N3O2S2/c1-8-5-3-2-4-6-9(8)13-11-14-15-12(19-11)18-7-10(16)17/h8-9H,2-7H2,1H3,(H,13,14)(H,16,17). The summed E-state index contributed by atoms with van der Waals surface area (Å²) < 4.78 is 0.714. The van der Waals surface area contributed by atoms with Crippen LogP contribution >= 0.6 is 23.1 Å². The van der Waals surface area contributed by atoms with Gasteiger partial charge in [0.05, 0.1) is 5.75 Å². The summed E-state index contributed by atoms with van der Waals surface area (Å²) in [5, 5.41) is 21.0.